The third-order valence-electron chi connectivity index (χ3n) is 3.91. The van der Waals surface area contributed by atoms with Crippen LogP contribution in [0.5, 0.6) is 0 Å². The number of rotatable bonds is 4. The molecule has 0 radical (unpaired) electrons. The molecule has 0 aromatic carbocycles. The van der Waals surface area contributed by atoms with Crippen molar-refractivity contribution in [3.05, 3.63) is 0 Å². The monoisotopic (exact) mass is 213 g/mol. The van der Waals surface area contributed by atoms with Crippen LogP contribution < -0.4 is 5.73 Å². The van der Waals surface area contributed by atoms with Gasteiger partial charge >= 0.3 is 0 Å². The summed E-state index contributed by atoms with van der Waals surface area (Å²) in [4.78, 5) is 0. The summed E-state index contributed by atoms with van der Waals surface area (Å²) in [5.74, 6) is 3.29. The van der Waals surface area contributed by atoms with Crippen molar-refractivity contribution in [2.75, 3.05) is 12.3 Å². The lowest BCUT2D eigenvalue weighted by atomic mass is 10.1. The largest absolute Gasteiger partial charge is 0.330 e. The van der Waals surface area contributed by atoms with E-state index in [0.29, 0.717) is 0 Å². The van der Waals surface area contributed by atoms with E-state index in [0.717, 1.165) is 23.6 Å². The van der Waals surface area contributed by atoms with Gasteiger partial charge in [-0.3, -0.25) is 0 Å². The van der Waals surface area contributed by atoms with Gasteiger partial charge in [0.15, 0.2) is 0 Å². The van der Waals surface area contributed by atoms with Gasteiger partial charge in [0.1, 0.15) is 0 Å². The highest BCUT2D eigenvalue weighted by atomic mass is 32.2. The van der Waals surface area contributed by atoms with E-state index < -0.39 is 0 Å². The third-order valence-corrected chi connectivity index (χ3v) is 5.63. The Morgan fingerprint density at radius 3 is 2.50 bits per heavy atom. The average molecular weight is 213 g/mol. The van der Waals surface area contributed by atoms with Gasteiger partial charge in [0.05, 0.1) is 0 Å². The summed E-state index contributed by atoms with van der Waals surface area (Å²) in [6.07, 6.45) is 10.2. The highest BCUT2D eigenvalue weighted by Gasteiger charge is 2.27. The van der Waals surface area contributed by atoms with E-state index >= 15 is 0 Å². The Kier molecular flexibility index (Phi) is 4.18. The summed E-state index contributed by atoms with van der Waals surface area (Å²) < 4.78 is 0. The summed E-state index contributed by atoms with van der Waals surface area (Å²) in [7, 11) is 0. The maximum absolute atomic E-state index is 5.79. The summed E-state index contributed by atoms with van der Waals surface area (Å²) in [6.45, 7) is 0.919. The molecule has 0 aliphatic heterocycles. The van der Waals surface area contributed by atoms with Crippen LogP contribution >= 0.6 is 11.8 Å². The lowest BCUT2D eigenvalue weighted by Gasteiger charge is -2.19. The van der Waals surface area contributed by atoms with Gasteiger partial charge in [-0.05, 0) is 49.8 Å². The Morgan fingerprint density at radius 1 is 1.00 bits per heavy atom. The molecule has 0 bridgehead atoms. The predicted molar refractivity (Wildman–Crippen MR) is 64.6 cm³/mol. The van der Waals surface area contributed by atoms with Gasteiger partial charge in [0, 0.05) is 5.25 Å². The quantitative estimate of drug-likeness (QED) is 0.777. The minimum atomic E-state index is 0.835. The second-order valence-electron chi connectivity index (χ2n) is 4.95. The topological polar surface area (TPSA) is 26.0 Å². The van der Waals surface area contributed by atoms with Gasteiger partial charge in [0.2, 0.25) is 0 Å². The van der Waals surface area contributed by atoms with Gasteiger partial charge in [-0.2, -0.15) is 11.8 Å². The zero-order valence-corrected chi connectivity index (χ0v) is 9.90. The van der Waals surface area contributed by atoms with Gasteiger partial charge < -0.3 is 5.73 Å². The van der Waals surface area contributed by atoms with E-state index in [2.05, 4.69) is 11.8 Å². The molecule has 14 heavy (non-hydrogen) atoms. The highest BCUT2D eigenvalue weighted by Crippen LogP contribution is 2.37. The zero-order chi connectivity index (χ0) is 9.80. The fraction of sp³-hybridized carbons (Fsp3) is 1.00. The molecular weight excluding hydrogens is 190 g/mol. The van der Waals surface area contributed by atoms with Gasteiger partial charge in [-0.15, -0.1) is 0 Å². The number of hydrogen-bond acceptors (Lipinski definition) is 2. The van der Waals surface area contributed by atoms with Crippen molar-refractivity contribution in [2.45, 2.75) is 50.2 Å². The Morgan fingerprint density at radius 2 is 1.79 bits per heavy atom. The lowest BCUT2D eigenvalue weighted by Crippen LogP contribution is -2.21. The summed E-state index contributed by atoms with van der Waals surface area (Å²) in [5, 5.41) is 0.903. The van der Waals surface area contributed by atoms with E-state index in [-0.39, 0.29) is 0 Å². The molecule has 2 fully saturated rings. The van der Waals surface area contributed by atoms with E-state index in [1.54, 1.807) is 0 Å². The van der Waals surface area contributed by atoms with Gasteiger partial charge in [-0.25, -0.2) is 0 Å². The standard InChI is InChI=1S/C12H23NS/c13-8-11-6-3-7-12(11)14-9-10-4-1-2-5-10/h10-12H,1-9,13H2. The van der Waals surface area contributed by atoms with Crippen molar-refractivity contribution in [3.8, 4) is 0 Å². The molecule has 2 unspecified atom stereocenters. The number of hydrogen-bond donors (Lipinski definition) is 1. The molecular formula is C12H23NS. The van der Waals surface area contributed by atoms with Crippen LogP contribution in [0.15, 0.2) is 0 Å². The molecule has 0 amide bonds. The Hall–Kier alpha value is 0.310. The van der Waals surface area contributed by atoms with E-state index in [4.69, 9.17) is 5.73 Å². The molecule has 0 heterocycles. The average Bonchev–Trinajstić information content (AvgIpc) is 2.85. The van der Waals surface area contributed by atoms with Crippen LogP contribution in [0.4, 0.5) is 0 Å². The third kappa shape index (κ3) is 2.66. The van der Waals surface area contributed by atoms with Crippen LogP contribution in [0, 0.1) is 11.8 Å². The molecule has 2 aliphatic rings. The van der Waals surface area contributed by atoms with Crippen LogP contribution in [0.25, 0.3) is 0 Å². The van der Waals surface area contributed by atoms with Crippen LogP contribution in [0.2, 0.25) is 0 Å². The molecule has 2 saturated carbocycles. The van der Waals surface area contributed by atoms with Crippen molar-refractivity contribution in [3.63, 3.8) is 0 Å². The number of thioether (sulfide) groups is 1. The molecule has 82 valence electrons. The SMILES string of the molecule is NCC1CCCC1SCC1CCCC1. The fourth-order valence-electron chi connectivity index (χ4n) is 2.93. The van der Waals surface area contributed by atoms with Gasteiger partial charge in [-0.1, -0.05) is 19.3 Å². The highest BCUT2D eigenvalue weighted by molar-refractivity contribution is 7.99. The Bertz CT molecular complexity index is 166. The van der Waals surface area contributed by atoms with Gasteiger partial charge in [0.25, 0.3) is 0 Å². The predicted octanol–water partition coefficient (Wildman–Crippen LogP) is 3.04. The molecule has 0 saturated heterocycles. The molecule has 2 N–H and O–H groups in total. The minimum Gasteiger partial charge on any atom is -0.330 e. The Balaban J connectivity index is 1.68. The lowest BCUT2D eigenvalue weighted by molar-refractivity contribution is 0.568. The fourth-order valence-corrected chi connectivity index (χ4v) is 4.63. The van der Waals surface area contributed by atoms with Crippen LogP contribution in [-0.2, 0) is 0 Å². The smallest absolute Gasteiger partial charge is 0.00874 e. The van der Waals surface area contributed by atoms with Crippen LogP contribution in [-0.4, -0.2) is 17.5 Å². The van der Waals surface area contributed by atoms with E-state index in [1.165, 1.54) is 50.7 Å². The van der Waals surface area contributed by atoms with Crippen molar-refractivity contribution in [1.82, 2.24) is 0 Å². The molecule has 2 rings (SSSR count). The molecule has 0 spiro atoms. The first-order valence-electron chi connectivity index (χ1n) is 6.22. The second kappa shape index (κ2) is 5.41. The normalized spacial score (nSPS) is 34.1. The van der Waals surface area contributed by atoms with Crippen LogP contribution in [0.3, 0.4) is 0 Å². The van der Waals surface area contributed by atoms with Crippen LogP contribution in [0.1, 0.15) is 44.9 Å². The summed E-state index contributed by atoms with van der Waals surface area (Å²) >= 11 is 2.23. The van der Waals surface area contributed by atoms with Crippen molar-refractivity contribution in [1.29, 1.82) is 0 Å². The van der Waals surface area contributed by atoms with Crippen molar-refractivity contribution >= 4 is 11.8 Å². The zero-order valence-electron chi connectivity index (χ0n) is 9.08. The maximum Gasteiger partial charge on any atom is 0.00874 e. The summed E-state index contributed by atoms with van der Waals surface area (Å²) in [6, 6.07) is 0. The van der Waals surface area contributed by atoms with E-state index in [9.17, 15) is 0 Å². The molecule has 2 aliphatic carbocycles. The molecule has 0 aromatic rings. The Labute approximate surface area is 92.2 Å². The molecule has 2 atom stereocenters. The summed E-state index contributed by atoms with van der Waals surface area (Å²) in [5.41, 5.74) is 5.79. The van der Waals surface area contributed by atoms with Crippen molar-refractivity contribution < 1.29 is 0 Å². The first kappa shape index (κ1) is 10.8. The minimum absolute atomic E-state index is 0.835. The molecule has 1 nitrogen and oxygen atoms in total. The number of nitrogens with two attached hydrogens (primary N) is 1. The maximum atomic E-state index is 5.79. The molecule has 2 heteroatoms. The molecule has 0 aromatic heterocycles. The second-order valence-corrected chi connectivity index (χ2v) is 6.22. The van der Waals surface area contributed by atoms with E-state index in [1.807, 2.05) is 0 Å². The first-order chi connectivity index (χ1) is 6.90. The first-order valence-corrected chi connectivity index (χ1v) is 7.26. The van der Waals surface area contributed by atoms with Crippen molar-refractivity contribution in [2.24, 2.45) is 17.6 Å².